The lowest BCUT2D eigenvalue weighted by molar-refractivity contribution is -0.121. The van der Waals surface area contributed by atoms with Gasteiger partial charge in [-0.2, -0.15) is 0 Å². The summed E-state index contributed by atoms with van der Waals surface area (Å²) in [7, 11) is 0. The molecule has 1 aliphatic rings. The van der Waals surface area contributed by atoms with Crippen LogP contribution in [0.5, 0.6) is 0 Å². The van der Waals surface area contributed by atoms with E-state index in [4.69, 9.17) is 0 Å². The molecule has 0 bridgehead atoms. The van der Waals surface area contributed by atoms with E-state index in [0.717, 1.165) is 23.9 Å². The number of thiazole rings is 1. The van der Waals surface area contributed by atoms with E-state index < -0.39 is 0 Å². The maximum Gasteiger partial charge on any atom is 0.234 e. The number of nitrogens with one attached hydrogen (secondary N) is 2. The van der Waals surface area contributed by atoms with Crippen LogP contribution in [0.1, 0.15) is 37.2 Å². The zero-order valence-corrected chi connectivity index (χ0v) is 10.9. The van der Waals surface area contributed by atoms with Gasteiger partial charge in [-0.1, -0.05) is 6.92 Å². The number of hydrogen-bond donors (Lipinski definition) is 2. The molecule has 0 aliphatic heterocycles. The third-order valence-electron chi connectivity index (χ3n) is 2.91. The molecule has 2 rings (SSSR count). The zero-order valence-electron chi connectivity index (χ0n) is 10.1. The van der Waals surface area contributed by atoms with Crippen molar-refractivity contribution in [1.82, 2.24) is 15.6 Å². The SMILES string of the molecule is CCC(NC(=O)CNCC1CC1)c1nccs1. The minimum absolute atomic E-state index is 0.0604. The molecular weight excluding hydrogens is 234 g/mol. The average Bonchev–Trinajstić information content (AvgIpc) is 2.98. The molecule has 0 saturated heterocycles. The zero-order chi connectivity index (χ0) is 12.1. The summed E-state index contributed by atoms with van der Waals surface area (Å²) in [6.07, 6.45) is 5.28. The van der Waals surface area contributed by atoms with E-state index in [1.807, 2.05) is 5.38 Å². The van der Waals surface area contributed by atoms with E-state index in [1.165, 1.54) is 12.8 Å². The van der Waals surface area contributed by atoms with Gasteiger partial charge in [0.1, 0.15) is 5.01 Å². The molecule has 1 heterocycles. The summed E-state index contributed by atoms with van der Waals surface area (Å²) >= 11 is 1.59. The molecule has 0 spiro atoms. The summed E-state index contributed by atoms with van der Waals surface area (Å²) < 4.78 is 0. The molecule has 0 radical (unpaired) electrons. The van der Waals surface area contributed by atoms with Gasteiger partial charge in [0.2, 0.25) is 5.91 Å². The lowest BCUT2D eigenvalue weighted by Gasteiger charge is -2.14. The largest absolute Gasteiger partial charge is 0.346 e. The Morgan fingerprint density at radius 3 is 3.06 bits per heavy atom. The molecule has 1 aromatic heterocycles. The summed E-state index contributed by atoms with van der Waals surface area (Å²) in [5, 5.41) is 9.13. The molecule has 0 aromatic carbocycles. The van der Waals surface area contributed by atoms with E-state index >= 15 is 0 Å². The number of hydrogen-bond acceptors (Lipinski definition) is 4. The van der Waals surface area contributed by atoms with E-state index in [2.05, 4.69) is 22.5 Å². The van der Waals surface area contributed by atoms with E-state index in [1.54, 1.807) is 17.5 Å². The summed E-state index contributed by atoms with van der Waals surface area (Å²) in [6.45, 7) is 3.45. The van der Waals surface area contributed by atoms with Gasteiger partial charge in [-0.3, -0.25) is 4.79 Å². The summed E-state index contributed by atoms with van der Waals surface area (Å²) in [6, 6.07) is 0.0604. The van der Waals surface area contributed by atoms with Crippen molar-refractivity contribution in [2.75, 3.05) is 13.1 Å². The van der Waals surface area contributed by atoms with Crippen LogP contribution in [0.3, 0.4) is 0 Å². The molecule has 2 N–H and O–H groups in total. The highest BCUT2D eigenvalue weighted by molar-refractivity contribution is 7.09. The molecule has 4 nitrogen and oxygen atoms in total. The Hall–Kier alpha value is -0.940. The van der Waals surface area contributed by atoms with Gasteiger partial charge >= 0.3 is 0 Å². The van der Waals surface area contributed by atoms with Crippen LogP contribution in [-0.2, 0) is 4.79 Å². The molecule has 17 heavy (non-hydrogen) atoms. The van der Waals surface area contributed by atoms with Crippen LogP contribution >= 0.6 is 11.3 Å². The van der Waals surface area contributed by atoms with E-state index in [9.17, 15) is 4.79 Å². The Morgan fingerprint density at radius 1 is 1.65 bits per heavy atom. The molecule has 1 atom stereocenters. The Bertz CT molecular complexity index is 349. The van der Waals surface area contributed by atoms with Gasteiger partial charge in [-0.25, -0.2) is 4.98 Å². The lowest BCUT2D eigenvalue weighted by Crippen LogP contribution is -2.36. The fourth-order valence-electron chi connectivity index (χ4n) is 1.70. The second-order valence-electron chi connectivity index (χ2n) is 4.47. The van der Waals surface area contributed by atoms with E-state index in [0.29, 0.717) is 6.54 Å². The number of rotatable bonds is 7. The van der Waals surface area contributed by atoms with Gasteiger partial charge in [0.05, 0.1) is 12.6 Å². The van der Waals surface area contributed by atoms with Crippen molar-refractivity contribution >= 4 is 17.2 Å². The third kappa shape index (κ3) is 4.09. The number of aromatic nitrogens is 1. The Kier molecular flexibility index (Phi) is 4.50. The van der Waals surface area contributed by atoms with Crippen LogP contribution in [0.25, 0.3) is 0 Å². The van der Waals surface area contributed by atoms with Crippen LogP contribution in [-0.4, -0.2) is 24.0 Å². The Balaban J connectivity index is 1.71. The van der Waals surface area contributed by atoms with Crippen molar-refractivity contribution < 1.29 is 4.79 Å². The first-order valence-corrected chi connectivity index (χ1v) is 7.07. The molecule has 5 heteroatoms. The normalized spacial score (nSPS) is 16.8. The highest BCUT2D eigenvalue weighted by atomic mass is 32.1. The van der Waals surface area contributed by atoms with Crippen molar-refractivity contribution in [1.29, 1.82) is 0 Å². The first kappa shape index (κ1) is 12.5. The predicted octanol–water partition coefficient (Wildman–Crippen LogP) is 1.71. The highest BCUT2D eigenvalue weighted by Crippen LogP contribution is 2.27. The van der Waals surface area contributed by atoms with Crippen LogP contribution in [0.15, 0.2) is 11.6 Å². The number of nitrogens with zero attached hydrogens (tertiary/aromatic N) is 1. The number of carbonyl (C=O) groups excluding carboxylic acids is 1. The smallest absolute Gasteiger partial charge is 0.234 e. The molecule has 94 valence electrons. The quantitative estimate of drug-likeness (QED) is 0.778. The van der Waals surface area contributed by atoms with Gasteiger partial charge in [0, 0.05) is 11.6 Å². The van der Waals surface area contributed by atoms with Gasteiger partial charge in [-0.15, -0.1) is 11.3 Å². The van der Waals surface area contributed by atoms with Crippen molar-refractivity contribution in [2.24, 2.45) is 5.92 Å². The topological polar surface area (TPSA) is 54.0 Å². The number of amides is 1. The molecule has 1 amide bonds. The summed E-state index contributed by atoms with van der Waals surface area (Å²) in [5.41, 5.74) is 0. The first-order valence-electron chi connectivity index (χ1n) is 6.19. The molecule has 1 saturated carbocycles. The summed E-state index contributed by atoms with van der Waals surface area (Å²) in [5.74, 6) is 0.872. The Morgan fingerprint density at radius 2 is 2.47 bits per heavy atom. The maximum absolute atomic E-state index is 11.7. The van der Waals surface area contributed by atoms with Gasteiger partial charge in [-0.05, 0) is 31.7 Å². The fraction of sp³-hybridized carbons (Fsp3) is 0.667. The van der Waals surface area contributed by atoms with Crippen molar-refractivity contribution in [3.63, 3.8) is 0 Å². The fourth-order valence-corrected chi connectivity index (χ4v) is 2.47. The van der Waals surface area contributed by atoms with Crippen LogP contribution in [0, 0.1) is 5.92 Å². The van der Waals surface area contributed by atoms with Crippen molar-refractivity contribution in [2.45, 2.75) is 32.2 Å². The minimum atomic E-state index is 0.0604. The minimum Gasteiger partial charge on any atom is -0.346 e. The third-order valence-corrected chi connectivity index (χ3v) is 3.80. The standard InChI is InChI=1S/C12H19N3OS/c1-2-10(12-14-5-6-17-12)15-11(16)8-13-7-9-3-4-9/h5-6,9-10,13H,2-4,7-8H2,1H3,(H,15,16). The maximum atomic E-state index is 11.7. The molecular formula is C12H19N3OS. The molecule has 1 aromatic rings. The van der Waals surface area contributed by atoms with Crippen molar-refractivity contribution in [3.05, 3.63) is 16.6 Å². The predicted molar refractivity (Wildman–Crippen MR) is 68.9 cm³/mol. The number of carbonyl (C=O) groups is 1. The van der Waals surface area contributed by atoms with Gasteiger partial charge in [0.15, 0.2) is 0 Å². The highest BCUT2D eigenvalue weighted by Gasteiger charge is 2.21. The lowest BCUT2D eigenvalue weighted by atomic mass is 10.2. The molecule has 1 fully saturated rings. The average molecular weight is 253 g/mol. The van der Waals surface area contributed by atoms with Crippen molar-refractivity contribution in [3.8, 4) is 0 Å². The second-order valence-corrected chi connectivity index (χ2v) is 5.40. The van der Waals surface area contributed by atoms with Crippen LogP contribution < -0.4 is 10.6 Å². The summed E-state index contributed by atoms with van der Waals surface area (Å²) in [4.78, 5) is 16.0. The van der Waals surface area contributed by atoms with Crippen LogP contribution in [0.4, 0.5) is 0 Å². The second kappa shape index (κ2) is 6.12. The molecule has 1 unspecified atom stereocenters. The van der Waals surface area contributed by atoms with Gasteiger partial charge in [0.25, 0.3) is 0 Å². The molecule has 1 aliphatic carbocycles. The van der Waals surface area contributed by atoms with E-state index in [-0.39, 0.29) is 11.9 Å². The first-order chi connectivity index (χ1) is 8.29. The Labute approximate surface area is 106 Å². The van der Waals surface area contributed by atoms with Gasteiger partial charge < -0.3 is 10.6 Å². The monoisotopic (exact) mass is 253 g/mol. The van der Waals surface area contributed by atoms with Crippen LogP contribution in [0.2, 0.25) is 0 Å².